The molecule has 0 unspecified atom stereocenters. The summed E-state index contributed by atoms with van der Waals surface area (Å²) in [4.78, 5) is 20.9. The van der Waals surface area contributed by atoms with Crippen molar-refractivity contribution in [3.05, 3.63) is 0 Å². The maximum absolute atomic E-state index is 13.6. The molecular formula is C6H3F10O4P. The van der Waals surface area contributed by atoms with Gasteiger partial charge in [-0.3, -0.25) is 0 Å². The summed E-state index contributed by atoms with van der Waals surface area (Å²) in [5.41, 5.74) is 0. The molecule has 21 heavy (non-hydrogen) atoms. The zero-order valence-corrected chi connectivity index (χ0v) is 10.3. The van der Waals surface area contributed by atoms with Crippen molar-refractivity contribution in [2.45, 2.75) is 17.8 Å². The second-order valence-electron chi connectivity index (χ2n) is 3.21. The Balaban J connectivity index is 6.52. The zero-order chi connectivity index (χ0) is 17.5. The minimum absolute atomic E-state index is 0.228. The van der Waals surface area contributed by atoms with Gasteiger partial charge in [-0.2, -0.15) is 0 Å². The van der Waals surface area contributed by atoms with Gasteiger partial charge >= 0.3 is 107 Å². The first-order valence-electron chi connectivity index (χ1n) is 4.20. The molecule has 0 saturated carbocycles. The first-order chi connectivity index (χ1) is 8.95. The number of hydrogen-bond donors (Lipinski definition) is 0. The third kappa shape index (κ3) is 2.38. The molecule has 0 aliphatic carbocycles. The Morgan fingerprint density at radius 1 is 0.762 bits per heavy atom. The molecule has 0 aromatic heterocycles. The van der Waals surface area contributed by atoms with Gasteiger partial charge in [0.2, 0.25) is 0 Å². The van der Waals surface area contributed by atoms with Gasteiger partial charge in [-0.1, -0.05) is 0 Å². The van der Waals surface area contributed by atoms with Crippen LogP contribution in [0.3, 0.4) is 0 Å². The molecule has 0 rings (SSSR count). The number of carbonyl (C=O) groups excluding carboxylic acids is 2. The number of alkyl halides is 9. The topological polar surface area (TPSA) is 52.6 Å². The van der Waals surface area contributed by atoms with Crippen LogP contribution < -0.4 is 0 Å². The second kappa shape index (κ2) is 4.85. The molecule has 0 aliphatic rings. The van der Waals surface area contributed by atoms with Crippen molar-refractivity contribution in [3.63, 3.8) is 0 Å². The standard InChI is InChI=1S/C6H3F10O4P/c1-19-2(17)3(18)20-21(16,4(7,8)9,5(10,11)12)6(13,14)15/h1H3. The van der Waals surface area contributed by atoms with Crippen molar-refractivity contribution in [2.24, 2.45) is 0 Å². The van der Waals surface area contributed by atoms with Gasteiger partial charge in [0.25, 0.3) is 0 Å². The van der Waals surface area contributed by atoms with Crippen LogP contribution in [0.5, 0.6) is 0 Å². The van der Waals surface area contributed by atoms with Crippen LogP contribution in [0.4, 0.5) is 43.7 Å². The summed E-state index contributed by atoms with van der Waals surface area (Å²) in [5, 5.41) is 0. The van der Waals surface area contributed by atoms with Crippen LogP contribution in [0.2, 0.25) is 0 Å². The maximum atomic E-state index is 13.6. The summed E-state index contributed by atoms with van der Waals surface area (Å²) in [5.74, 6) is -29.2. The summed E-state index contributed by atoms with van der Waals surface area (Å²) in [6, 6.07) is 0. The Bertz CT molecular complexity index is 409. The van der Waals surface area contributed by atoms with Gasteiger partial charge in [0.15, 0.2) is 0 Å². The molecule has 4 nitrogen and oxygen atoms in total. The number of esters is 1. The fourth-order valence-electron chi connectivity index (χ4n) is 0.863. The number of ether oxygens (including phenoxy) is 1. The van der Waals surface area contributed by atoms with Crippen LogP contribution in [0, 0.1) is 0 Å². The predicted octanol–water partition coefficient (Wildman–Crippen LogP) is 3.61. The molecule has 126 valence electrons. The molecule has 0 N–H and O–H groups in total. The third-order valence-electron chi connectivity index (χ3n) is 1.97. The van der Waals surface area contributed by atoms with E-state index in [1.165, 1.54) is 0 Å². The number of methoxy groups -OCH3 is 1. The van der Waals surface area contributed by atoms with Crippen LogP contribution in [-0.4, -0.2) is 36.8 Å². The molecule has 0 radical (unpaired) electrons. The van der Waals surface area contributed by atoms with E-state index in [0.29, 0.717) is 0 Å². The normalized spacial score (nSPS) is 15.9. The van der Waals surface area contributed by atoms with Crippen LogP contribution in [-0.2, 0) is 18.8 Å². The Hall–Kier alpha value is -1.33. The van der Waals surface area contributed by atoms with E-state index >= 15 is 0 Å². The summed E-state index contributed by atoms with van der Waals surface area (Å²) in [7, 11) is -10.5. The number of rotatable bonds is 1. The number of halogens is 10. The number of carbonyl (C=O) groups is 2. The molecule has 0 amide bonds. The molecule has 15 heteroatoms. The summed E-state index contributed by atoms with van der Waals surface area (Å²) >= 11 is 0. The predicted molar refractivity (Wildman–Crippen MR) is 44.3 cm³/mol. The zero-order valence-electron chi connectivity index (χ0n) is 9.36. The van der Waals surface area contributed by atoms with E-state index in [4.69, 9.17) is 0 Å². The van der Waals surface area contributed by atoms with Gasteiger partial charge in [0, 0.05) is 0 Å². The minimum atomic E-state index is -10.7. The third-order valence-corrected chi connectivity index (χ3v) is 5.19. The van der Waals surface area contributed by atoms with E-state index in [1.54, 1.807) is 0 Å². The van der Waals surface area contributed by atoms with Crippen molar-refractivity contribution in [3.8, 4) is 0 Å². The van der Waals surface area contributed by atoms with Gasteiger partial charge < -0.3 is 0 Å². The molecule has 0 bridgehead atoms. The SMILES string of the molecule is COC(=O)C(=O)OP(F)(C(F)(F)F)(C(F)(F)F)C(F)(F)F. The van der Waals surface area contributed by atoms with Crippen LogP contribution in [0.15, 0.2) is 0 Å². The van der Waals surface area contributed by atoms with Crippen LogP contribution >= 0.6 is 7.14 Å². The van der Waals surface area contributed by atoms with Crippen molar-refractivity contribution >= 4 is 19.1 Å². The second-order valence-corrected chi connectivity index (χ2v) is 6.77. The van der Waals surface area contributed by atoms with E-state index < -0.39 is 36.8 Å². The van der Waals surface area contributed by atoms with Gasteiger partial charge in [-0.25, -0.2) is 0 Å². The van der Waals surface area contributed by atoms with Gasteiger partial charge in [0.1, 0.15) is 0 Å². The molecule has 0 aliphatic heterocycles. The Kier molecular flexibility index (Phi) is 4.54. The Morgan fingerprint density at radius 3 is 1.24 bits per heavy atom. The van der Waals surface area contributed by atoms with Crippen molar-refractivity contribution in [2.75, 3.05) is 7.11 Å². The van der Waals surface area contributed by atoms with Crippen molar-refractivity contribution < 1.29 is 62.6 Å². The fourth-order valence-corrected chi connectivity index (χ4v) is 2.42. The Labute approximate surface area is 108 Å². The van der Waals surface area contributed by atoms with Crippen molar-refractivity contribution in [1.82, 2.24) is 0 Å². The summed E-state index contributed by atoms with van der Waals surface area (Å²) in [6.45, 7) is 0. The first-order valence-corrected chi connectivity index (χ1v) is 6.24. The van der Waals surface area contributed by atoms with Gasteiger partial charge in [-0.15, -0.1) is 0 Å². The average Bonchev–Trinajstić information content (AvgIpc) is 2.22. The molecule has 0 atom stereocenters. The van der Waals surface area contributed by atoms with E-state index in [9.17, 15) is 53.3 Å². The fraction of sp³-hybridized carbons (Fsp3) is 0.667. The molecule has 0 heterocycles. The van der Waals surface area contributed by atoms with E-state index in [1.807, 2.05) is 4.52 Å². The van der Waals surface area contributed by atoms with Gasteiger partial charge in [0.05, 0.1) is 0 Å². The molecule has 0 aromatic rings. The van der Waals surface area contributed by atoms with E-state index in [2.05, 4.69) is 4.74 Å². The summed E-state index contributed by atoms with van der Waals surface area (Å²) < 4.78 is 130. The van der Waals surface area contributed by atoms with Crippen LogP contribution in [0.25, 0.3) is 0 Å². The molecule has 0 spiro atoms. The number of hydrogen-bond acceptors (Lipinski definition) is 4. The molecule has 0 saturated heterocycles. The van der Waals surface area contributed by atoms with Gasteiger partial charge in [-0.05, 0) is 0 Å². The Morgan fingerprint density at radius 2 is 1.05 bits per heavy atom. The quantitative estimate of drug-likeness (QED) is 0.310. The van der Waals surface area contributed by atoms with E-state index in [0.717, 1.165) is 0 Å². The van der Waals surface area contributed by atoms with Crippen LogP contribution in [0.1, 0.15) is 0 Å². The first kappa shape index (κ1) is 19.7. The monoisotopic (exact) mass is 360 g/mol. The van der Waals surface area contributed by atoms with E-state index in [-0.39, 0.29) is 7.11 Å². The van der Waals surface area contributed by atoms with Crippen molar-refractivity contribution in [1.29, 1.82) is 0 Å². The molecule has 0 aromatic carbocycles. The molecule has 0 fully saturated rings. The average molecular weight is 360 g/mol. The summed E-state index contributed by atoms with van der Waals surface area (Å²) in [6.07, 6.45) is 0. The molecular weight excluding hydrogens is 357 g/mol.